The highest BCUT2D eigenvalue weighted by atomic mass is 31.2. The third kappa shape index (κ3) is 2.65. The van der Waals surface area contributed by atoms with E-state index in [-0.39, 0.29) is 17.1 Å². The minimum absolute atomic E-state index is 0.145. The summed E-state index contributed by atoms with van der Waals surface area (Å²) in [4.78, 5) is 30.7. The Morgan fingerprint density at radius 2 is 2.33 bits per heavy atom. The van der Waals surface area contributed by atoms with E-state index in [1.165, 1.54) is 0 Å². The van der Waals surface area contributed by atoms with Crippen LogP contribution in [0.5, 0.6) is 0 Å². The molecule has 14 heteroatoms. The summed E-state index contributed by atoms with van der Waals surface area (Å²) in [5.41, 5.74) is 9.58. The smallest absolute Gasteiger partial charge is 0.282 e. The topological polar surface area (TPSA) is 195 Å². The van der Waals surface area contributed by atoms with Crippen LogP contribution >= 0.6 is 8.53 Å². The van der Waals surface area contributed by atoms with E-state index in [0.717, 1.165) is 10.9 Å². The number of aromatic nitrogens is 4. The SMILES string of the molecule is Nc1nc2c(ncn2[C@@H]2O[C@H](CO)[C@@H](OP(N)O)[C@]2(O)F)c(=O)[nH]1. The number of hydrogen-bond acceptors (Lipinski definition) is 10. The number of nitrogen functional groups attached to an aromatic ring is 1. The molecule has 0 amide bonds. The first-order chi connectivity index (χ1) is 11.3. The van der Waals surface area contributed by atoms with Gasteiger partial charge in [-0.15, -0.1) is 0 Å². The van der Waals surface area contributed by atoms with Crippen LogP contribution < -0.4 is 16.8 Å². The van der Waals surface area contributed by atoms with E-state index in [1.807, 2.05) is 0 Å². The Bertz CT molecular complexity index is 811. The number of H-pyrrole nitrogens is 1. The molecule has 0 spiro atoms. The molecule has 12 nitrogen and oxygen atoms in total. The zero-order valence-corrected chi connectivity index (χ0v) is 12.8. The molecule has 0 aliphatic carbocycles. The van der Waals surface area contributed by atoms with Crippen LogP contribution in [0.25, 0.3) is 11.2 Å². The summed E-state index contributed by atoms with van der Waals surface area (Å²) in [5, 5.41) is 19.4. The van der Waals surface area contributed by atoms with Gasteiger partial charge < -0.3 is 30.1 Å². The number of nitrogens with two attached hydrogens (primary N) is 2. The van der Waals surface area contributed by atoms with E-state index in [0.29, 0.717) is 0 Å². The van der Waals surface area contributed by atoms with E-state index >= 15 is 0 Å². The number of nitrogens with zero attached hydrogens (tertiary/aromatic N) is 3. The van der Waals surface area contributed by atoms with E-state index < -0.39 is 45.0 Å². The number of fused-ring (bicyclic) bond motifs is 1. The molecule has 1 saturated heterocycles. The van der Waals surface area contributed by atoms with Gasteiger partial charge in [-0.05, 0) is 0 Å². The minimum Gasteiger partial charge on any atom is -0.394 e. The minimum atomic E-state index is -3.21. The molecule has 8 N–H and O–H groups in total. The van der Waals surface area contributed by atoms with Gasteiger partial charge in [0.05, 0.1) is 12.9 Å². The maximum absolute atomic E-state index is 14.9. The first-order valence-electron chi connectivity index (χ1n) is 6.56. The normalized spacial score (nSPS) is 31.6. The van der Waals surface area contributed by atoms with Crippen molar-refractivity contribution in [3.63, 3.8) is 0 Å². The van der Waals surface area contributed by atoms with Crippen molar-refractivity contribution in [2.75, 3.05) is 12.3 Å². The van der Waals surface area contributed by atoms with Gasteiger partial charge in [0.2, 0.25) is 5.95 Å². The van der Waals surface area contributed by atoms with E-state index in [2.05, 4.69) is 15.0 Å². The van der Waals surface area contributed by atoms with Crippen LogP contribution in [0, 0.1) is 0 Å². The van der Waals surface area contributed by atoms with Crippen LogP contribution in [-0.4, -0.2) is 59.3 Å². The molecule has 1 aliphatic heterocycles. The molecule has 5 atom stereocenters. The second kappa shape index (κ2) is 5.97. The first-order valence-corrected chi connectivity index (χ1v) is 7.84. The molecule has 3 rings (SSSR count). The maximum atomic E-state index is 14.9. The highest BCUT2D eigenvalue weighted by molar-refractivity contribution is 7.43. The highest BCUT2D eigenvalue weighted by Gasteiger charge is 2.59. The number of alkyl halides is 1. The van der Waals surface area contributed by atoms with Crippen LogP contribution in [0.4, 0.5) is 10.3 Å². The number of aliphatic hydroxyl groups is 2. The molecule has 1 aliphatic rings. The lowest BCUT2D eigenvalue weighted by Gasteiger charge is -2.26. The second-order valence-electron chi connectivity index (χ2n) is 5.04. The summed E-state index contributed by atoms with van der Waals surface area (Å²) in [5.74, 6) is -3.45. The van der Waals surface area contributed by atoms with E-state index in [1.54, 1.807) is 0 Å². The van der Waals surface area contributed by atoms with E-state index in [9.17, 15) is 19.4 Å². The number of aromatic amines is 1. The summed E-state index contributed by atoms with van der Waals surface area (Å²) < 4.78 is 25.8. The van der Waals surface area contributed by atoms with Gasteiger partial charge in [-0.25, -0.2) is 9.37 Å². The van der Waals surface area contributed by atoms with Crippen LogP contribution in [0.15, 0.2) is 11.1 Å². The Labute approximate surface area is 133 Å². The standard InChI is InChI=1S/C10H14FN6O6P/c11-10(20)5(23-24(13)21)3(1-18)22-8(10)17-2-14-4-6(17)15-9(12)16-7(4)19/h2-3,5,8,18,20-21H,1,13H2,(H3,12,15,16,19)/t3-,5-,8-,10-,24?/m1/s1. The predicted octanol–water partition coefficient (Wildman–Crippen LogP) is -2.19. The number of rotatable bonds is 4. The van der Waals surface area contributed by atoms with Gasteiger partial charge >= 0.3 is 0 Å². The fourth-order valence-corrected chi connectivity index (χ4v) is 3.02. The van der Waals surface area contributed by atoms with Crippen LogP contribution in [0.1, 0.15) is 6.23 Å². The van der Waals surface area contributed by atoms with Gasteiger partial charge in [-0.1, -0.05) is 0 Å². The van der Waals surface area contributed by atoms with Gasteiger partial charge in [0.25, 0.3) is 19.9 Å². The maximum Gasteiger partial charge on any atom is 0.282 e. The fraction of sp³-hybridized carbons (Fsp3) is 0.500. The largest absolute Gasteiger partial charge is 0.394 e. The van der Waals surface area contributed by atoms with Crippen molar-refractivity contribution in [2.24, 2.45) is 5.50 Å². The molecule has 132 valence electrons. The van der Waals surface area contributed by atoms with Crippen molar-refractivity contribution < 1.29 is 28.8 Å². The van der Waals surface area contributed by atoms with Crippen molar-refractivity contribution in [3.8, 4) is 0 Å². The molecular weight excluding hydrogens is 350 g/mol. The quantitative estimate of drug-likeness (QED) is 0.324. The average molecular weight is 364 g/mol. The van der Waals surface area contributed by atoms with Gasteiger partial charge in [0, 0.05) is 0 Å². The Morgan fingerprint density at radius 1 is 1.62 bits per heavy atom. The van der Waals surface area contributed by atoms with Crippen molar-refractivity contribution >= 4 is 25.6 Å². The van der Waals surface area contributed by atoms with Crippen molar-refractivity contribution in [2.45, 2.75) is 24.3 Å². The number of imidazole rings is 1. The summed E-state index contributed by atoms with van der Waals surface area (Å²) in [7, 11) is -2.53. The van der Waals surface area contributed by atoms with Crippen LogP contribution in [0.3, 0.4) is 0 Å². The average Bonchev–Trinajstić information content (AvgIpc) is 2.99. The lowest BCUT2D eigenvalue weighted by molar-refractivity contribution is -0.190. The second-order valence-corrected chi connectivity index (χ2v) is 5.86. The number of halogens is 1. The van der Waals surface area contributed by atoms with Gasteiger partial charge in [-0.3, -0.25) is 19.8 Å². The summed E-state index contributed by atoms with van der Waals surface area (Å²) >= 11 is 0. The third-order valence-corrected chi connectivity index (χ3v) is 3.93. The Balaban J connectivity index is 2.08. The summed E-state index contributed by atoms with van der Waals surface area (Å²) in [6.07, 6.45) is -3.86. The number of anilines is 1. The zero-order chi connectivity index (χ0) is 17.6. The fourth-order valence-electron chi connectivity index (χ4n) is 2.51. The molecule has 3 heterocycles. The molecule has 2 aromatic rings. The molecule has 0 saturated carbocycles. The molecule has 0 bridgehead atoms. The number of hydrogen-bond donors (Lipinski definition) is 6. The number of nitrogens with one attached hydrogen (secondary N) is 1. The van der Waals surface area contributed by atoms with Crippen LogP contribution in [0.2, 0.25) is 0 Å². The van der Waals surface area contributed by atoms with Crippen molar-refractivity contribution in [1.29, 1.82) is 0 Å². The summed E-state index contributed by atoms with van der Waals surface area (Å²) in [6.45, 7) is -0.723. The van der Waals surface area contributed by atoms with Gasteiger partial charge in [0.1, 0.15) is 6.10 Å². The van der Waals surface area contributed by atoms with Crippen molar-refractivity contribution in [1.82, 2.24) is 19.5 Å². The van der Waals surface area contributed by atoms with E-state index in [4.69, 9.17) is 25.4 Å². The third-order valence-electron chi connectivity index (χ3n) is 3.49. The molecule has 0 aromatic carbocycles. The lowest BCUT2D eigenvalue weighted by atomic mass is 10.1. The molecule has 0 radical (unpaired) electrons. The lowest BCUT2D eigenvalue weighted by Crippen LogP contribution is -2.44. The predicted molar refractivity (Wildman–Crippen MR) is 77.8 cm³/mol. The van der Waals surface area contributed by atoms with Gasteiger partial charge in [0.15, 0.2) is 23.5 Å². The number of aliphatic hydroxyl groups excluding tert-OH is 1. The first kappa shape index (κ1) is 17.1. The molecular formula is C10H14FN6O6P. The molecule has 24 heavy (non-hydrogen) atoms. The zero-order valence-electron chi connectivity index (χ0n) is 11.9. The summed E-state index contributed by atoms with van der Waals surface area (Å²) in [6, 6.07) is 0. The Morgan fingerprint density at radius 3 is 2.96 bits per heavy atom. The molecule has 2 aromatic heterocycles. The highest BCUT2D eigenvalue weighted by Crippen LogP contribution is 2.45. The molecule has 1 fully saturated rings. The Hall–Kier alpha value is -1.73. The Kier molecular flexibility index (Phi) is 4.25. The van der Waals surface area contributed by atoms with Gasteiger partial charge in [-0.2, -0.15) is 4.98 Å². The molecule has 1 unspecified atom stereocenters. The number of ether oxygens (including phenoxy) is 1. The van der Waals surface area contributed by atoms with Crippen LogP contribution in [-0.2, 0) is 9.26 Å². The van der Waals surface area contributed by atoms with Crippen molar-refractivity contribution in [3.05, 3.63) is 16.7 Å². The monoisotopic (exact) mass is 364 g/mol.